The third-order valence-corrected chi connectivity index (χ3v) is 6.05. The minimum Gasteiger partial charge on any atom is -0.476 e. The molecule has 6 nitrogen and oxygen atoms in total. The van der Waals surface area contributed by atoms with Crippen LogP contribution in [0.3, 0.4) is 0 Å². The topological polar surface area (TPSA) is 91.3 Å². The third kappa shape index (κ3) is 2.19. The molecule has 4 unspecified atom stereocenters. The Labute approximate surface area is 126 Å². The number of carboxylic acid groups (broad SMARTS) is 1. The van der Waals surface area contributed by atoms with Gasteiger partial charge in [0.25, 0.3) is 0 Å². The summed E-state index contributed by atoms with van der Waals surface area (Å²) < 4.78 is 0. The molecule has 1 aromatic heterocycles. The predicted octanol–water partition coefficient (Wildman–Crippen LogP) is 1.68. The van der Waals surface area contributed by atoms with Gasteiger partial charge in [0.2, 0.25) is 0 Å². The van der Waals surface area contributed by atoms with Crippen LogP contribution in [-0.2, 0) is 6.54 Å². The summed E-state index contributed by atoms with van der Waals surface area (Å²) >= 11 is 1.25. The van der Waals surface area contributed by atoms with Gasteiger partial charge in [-0.2, -0.15) is 0 Å². The van der Waals surface area contributed by atoms with Gasteiger partial charge in [0, 0.05) is 11.4 Å². The zero-order valence-corrected chi connectivity index (χ0v) is 12.2. The highest BCUT2D eigenvalue weighted by Crippen LogP contribution is 2.65. The minimum absolute atomic E-state index is 0.0329. The Bertz CT molecular complexity index is 586. The standard InChI is InChI=1S/C14H17N3O3S/c18-13(19)8-5-21-9(16-8)4-15-14(20)17-12-10-6-1-2-7(3-6)11(10)12/h5-7,10-12H,1-4H2,(H,18,19)(H2,15,17,20). The number of urea groups is 1. The summed E-state index contributed by atoms with van der Waals surface area (Å²) in [6.45, 7) is 0.276. The Morgan fingerprint density at radius 1 is 1.33 bits per heavy atom. The van der Waals surface area contributed by atoms with Crippen LogP contribution in [0.4, 0.5) is 4.79 Å². The van der Waals surface area contributed by atoms with E-state index in [1.54, 1.807) is 0 Å². The predicted molar refractivity (Wildman–Crippen MR) is 76.0 cm³/mol. The van der Waals surface area contributed by atoms with Crippen molar-refractivity contribution in [3.8, 4) is 0 Å². The van der Waals surface area contributed by atoms with E-state index in [0.29, 0.717) is 22.9 Å². The van der Waals surface area contributed by atoms with E-state index < -0.39 is 5.97 Å². The van der Waals surface area contributed by atoms with Gasteiger partial charge in [-0.3, -0.25) is 0 Å². The fourth-order valence-electron chi connectivity index (χ4n) is 4.37. The summed E-state index contributed by atoms with van der Waals surface area (Å²) in [4.78, 5) is 26.6. The molecule has 2 amide bonds. The number of aromatic carboxylic acids is 1. The van der Waals surface area contributed by atoms with E-state index in [9.17, 15) is 9.59 Å². The van der Waals surface area contributed by atoms with Crippen LogP contribution in [0.5, 0.6) is 0 Å². The van der Waals surface area contributed by atoms with Crippen molar-refractivity contribution in [3.05, 3.63) is 16.1 Å². The number of aromatic nitrogens is 1. The number of amides is 2. The van der Waals surface area contributed by atoms with Crippen LogP contribution in [0.25, 0.3) is 0 Å². The van der Waals surface area contributed by atoms with Crippen LogP contribution in [-0.4, -0.2) is 28.1 Å². The van der Waals surface area contributed by atoms with Gasteiger partial charge in [0.05, 0.1) is 6.54 Å². The molecule has 1 aromatic rings. The molecular formula is C14H17N3O3S. The van der Waals surface area contributed by atoms with E-state index in [0.717, 1.165) is 11.8 Å². The first-order valence-electron chi connectivity index (χ1n) is 7.35. The number of nitrogens with zero attached hydrogens (tertiary/aromatic N) is 1. The molecule has 0 spiro atoms. The van der Waals surface area contributed by atoms with Crippen LogP contribution in [0.15, 0.2) is 5.38 Å². The fourth-order valence-corrected chi connectivity index (χ4v) is 5.07. The van der Waals surface area contributed by atoms with Gasteiger partial charge in [-0.1, -0.05) is 0 Å². The van der Waals surface area contributed by atoms with E-state index in [-0.39, 0.29) is 18.3 Å². The zero-order chi connectivity index (χ0) is 14.6. The quantitative estimate of drug-likeness (QED) is 0.789. The first-order valence-corrected chi connectivity index (χ1v) is 8.23. The van der Waals surface area contributed by atoms with Crippen LogP contribution in [0, 0.1) is 23.7 Å². The maximum atomic E-state index is 11.9. The van der Waals surface area contributed by atoms with Gasteiger partial charge in [0.1, 0.15) is 5.01 Å². The number of carboxylic acids is 1. The second-order valence-corrected chi connectivity index (χ2v) is 7.22. The molecule has 3 aliphatic carbocycles. The average Bonchev–Trinajstić information content (AvgIpc) is 2.92. The molecule has 2 bridgehead atoms. The third-order valence-electron chi connectivity index (χ3n) is 5.20. The highest BCUT2D eigenvalue weighted by atomic mass is 32.1. The summed E-state index contributed by atoms with van der Waals surface area (Å²) in [5, 5.41) is 16.7. The maximum Gasteiger partial charge on any atom is 0.355 e. The number of thiazole rings is 1. The first kappa shape index (κ1) is 13.1. The molecule has 3 saturated carbocycles. The van der Waals surface area contributed by atoms with E-state index >= 15 is 0 Å². The molecule has 4 rings (SSSR count). The van der Waals surface area contributed by atoms with Crippen molar-refractivity contribution < 1.29 is 14.7 Å². The lowest BCUT2D eigenvalue weighted by molar-refractivity contribution is 0.0691. The molecule has 21 heavy (non-hydrogen) atoms. The summed E-state index contributed by atoms with van der Waals surface area (Å²) in [6, 6.07) is 0.197. The number of carbonyl (C=O) groups excluding carboxylic acids is 1. The molecule has 1 heterocycles. The number of hydrogen-bond donors (Lipinski definition) is 3. The smallest absolute Gasteiger partial charge is 0.355 e. The highest BCUT2D eigenvalue weighted by Gasteiger charge is 2.65. The van der Waals surface area contributed by atoms with Gasteiger partial charge in [0.15, 0.2) is 5.69 Å². The lowest BCUT2D eigenvalue weighted by Gasteiger charge is -2.11. The van der Waals surface area contributed by atoms with Gasteiger partial charge in [-0.25, -0.2) is 14.6 Å². The molecule has 0 aromatic carbocycles. The normalized spacial score (nSPS) is 35.3. The SMILES string of the molecule is O=C(NCc1nc(C(=O)O)cs1)NC1C2C3CCC(C3)C12. The number of hydrogen-bond acceptors (Lipinski definition) is 4. The Balaban J connectivity index is 1.26. The van der Waals surface area contributed by atoms with Crippen molar-refractivity contribution in [1.82, 2.24) is 15.6 Å². The van der Waals surface area contributed by atoms with Crippen molar-refractivity contribution in [3.63, 3.8) is 0 Å². The molecule has 3 aliphatic rings. The van der Waals surface area contributed by atoms with Crippen LogP contribution in [0.2, 0.25) is 0 Å². The molecule has 0 radical (unpaired) electrons. The van der Waals surface area contributed by atoms with Gasteiger partial charge >= 0.3 is 12.0 Å². The molecule has 3 fully saturated rings. The van der Waals surface area contributed by atoms with Crippen molar-refractivity contribution in [2.45, 2.75) is 31.8 Å². The van der Waals surface area contributed by atoms with Crippen LogP contribution < -0.4 is 10.6 Å². The van der Waals surface area contributed by atoms with Crippen LogP contribution in [0.1, 0.15) is 34.8 Å². The largest absolute Gasteiger partial charge is 0.476 e. The van der Waals surface area contributed by atoms with Gasteiger partial charge in [-0.05, 0) is 42.9 Å². The van der Waals surface area contributed by atoms with E-state index in [1.807, 2.05) is 0 Å². The highest BCUT2D eigenvalue weighted by molar-refractivity contribution is 7.09. The first-order chi connectivity index (χ1) is 10.1. The lowest BCUT2D eigenvalue weighted by Crippen LogP contribution is -2.38. The van der Waals surface area contributed by atoms with Gasteiger partial charge in [-0.15, -0.1) is 11.3 Å². The monoisotopic (exact) mass is 307 g/mol. The maximum absolute atomic E-state index is 11.9. The van der Waals surface area contributed by atoms with E-state index in [1.165, 1.54) is 36.0 Å². The second-order valence-electron chi connectivity index (χ2n) is 6.27. The number of rotatable bonds is 4. The Hall–Kier alpha value is -1.63. The van der Waals surface area contributed by atoms with Crippen molar-refractivity contribution >= 4 is 23.3 Å². The van der Waals surface area contributed by atoms with Crippen molar-refractivity contribution in [1.29, 1.82) is 0 Å². The molecule has 112 valence electrons. The number of nitrogens with one attached hydrogen (secondary N) is 2. The minimum atomic E-state index is -1.04. The van der Waals surface area contributed by atoms with Crippen LogP contribution >= 0.6 is 11.3 Å². The van der Waals surface area contributed by atoms with Crippen molar-refractivity contribution in [2.24, 2.45) is 23.7 Å². The fraction of sp³-hybridized carbons (Fsp3) is 0.643. The summed E-state index contributed by atoms with van der Waals surface area (Å²) in [6.07, 6.45) is 4.04. The Morgan fingerprint density at radius 3 is 2.67 bits per heavy atom. The Morgan fingerprint density at radius 2 is 2.05 bits per heavy atom. The van der Waals surface area contributed by atoms with Gasteiger partial charge < -0.3 is 15.7 Å². The molecule has 0 saturated heterocycles. The summed E-state index contributed by atoms with van der Waals surface area (Å²) in [7, 11) is 0. The average molecular weight is 307 g/mol. The molecule has 3 N–H and O–H groups in total. The summed E-state index contributed by atoms with van der Waals surface area (Å²) in [5.74, 6) is 2.06. The molecular weight excluding hydrogens is 290 g/mol. The van der Waals surface area contributed by atoms with E-state index in [2.05, 4.69) is 15.6 Å². The molecule has 4 atom stereocenters. The lowest BCUT2D eigenvalue weighted by atomic mass is 10.0. The summed E-state index contributed by atoms with van der Waals surface area (Å²) in [5.41, 5.74) is 0.0329. The van der Waals surface area contributed by atoms with Crippen molar-refractivity contribution in [2.75, 3.05) is 0 Å². The molecule has 0 aliphatic heterocycles. The number of carbonyl (C=O) groups is 2. The molecule has 7 heteroatoms. The van der Waals surface area contributed by atoms with E-state index in [4.69, 9.17) is 5.11 Å². The Kier molecular flexibility index (Phi) is 2.92. The second kappa shape index (κ2) is 4.69. The zero-order valence-electron chi connectivity index (χ0n) is 11.4. The number of fused-ring (bicyclic) bond motifs is 5.